The number of carbonyl (C=O) groups excluding carboxylic acids is 1. The molecule has 0 aromatic heterocycles. The lowest BCUT2D eigenvalue weighted by Gasteiger charge is -2.31. The third-order valence-electron chi connectivity index (χ3n) is 5.78. The second-order valence-corrected chi connectivity index (χ2v) is 7.31. The molecule has 1 atom stereocenters. The predicted molar refractivity (Wildman–Crippen MR) is 87.9 cm³/mol. The topological polar surface area (TPSA) is 55.1 Å². The summed E-state index contributed by atoms with van der Waals surface area (Å²) in [6, 6.07) is 0.415. The van der Waals surface area contributed by atoms with Gasteiger partial charge in [0.15, 0.2) is 0 Å². The average Bonchev–Trinajstić information content (AvgIpc) is 2.54. The van der Waals surface area contributed by atoms with Crippen molar-refractivity contribution in [2.45, 2.75) is 83.6 Å². The Morgan fingerprint density at radius 3 is 2.24 bits per heavy atom. The highest BCUT2D eigenvalue weighted by Crippen LogP contribution is 2.31. The van der Waals surface area contributed by atoms with Crippen LogP contribution in [0.4, 0.5) is 0 Å². The molecule has 0 saturated heterocycles. The van der Waals surface area contributed by atoms with Crippen LogP contribution in [-0.2, 0) is 4.79 Å². The van der Waals surface area contributed by atoms with Crippen LogP contribution >= 0.6 is 0 Å². The van der Waals surface area contributed by atoms with Crippen molar-refractivity contribution in [3.8, 4) is 0 Å². The van der Waals surface area contributed by atoms with Gasteiger partial charge < -0.3 is 11.1 Å². The van der Waals surface area contributed by atoms with Crippen LogP contribution in [0.15, 0.2) is 0 Å². The van der Waals surface area contributed by atoms with Gasteiger partial charge in [-0.15, -0.1) is 0 Å². The maximum atomic E-state index is 12.3. The van der Waals surface area contributed by atoms with Crippen LogP contribution < -0.4 is 11.1 Å². The van der Waals surface area contributed by atoms with Gasteiger partial charge in [0.05, 0.1) is 0 Å². The Kier molecular flexibility index (Phi) is 7.01. The molecule has 3 nitrogen and oxygen atoms in total. The highest BCUT2D eigenvalue weighted by atomic mass is 16.1. The van der Waals surface area contributed by atoms with E-state index in [-0.39, 0.29) is 0 Å². The van der Waals surface area contributed by atoms with Gasteiger partial charge in [0.25, 0.3) is 0 Å². The Morgan fingerprint density at radius 1 is 1.05 bits per heavy atom. The zero-order valence-electron chi connectivity index (χ0n) is 13.8. The molecule has 2 rings (SSSR count). The Balaban J connectivity index is 1.72. The fourth-order valence-electron chi connectivity index (χ4n) is 4.29. The largest absolute Gasteiger partial charge is 0.353 e. The first kappa shape index (κ1) is 16.8. The molecule has 1 unspecified atom stereocenters. The first-order valence-electron chi connectivity index (χ1n) is 9.22. The highest BCUT2D eigenvalue weighted by molar-refractivity contribution is 5.76. The molecule has 0 aliphatic heterocycles. The summed E-state index contributed by atoms with van der Waals surface area (Å²) in [6.07, 6.45) is 13.3. The number of hydrogen-bond donors (Lipinski definition) is 2. The van der Waals surface area contributed by atoms with Crippen molar-refractivity contribution in [1.82, 2.24) is 5.32 Å². The summed E-state index contributed by atoms with van der Waals surface area (Å²) >= 11 is 0. The van der Waals surface area contributed by atoms with E-state index in [1.165, 1.54) is 57.8 Å². The minimum atomic E-state index is 0.295. The molecule has 0 radical (unpaired) electrons. The second-order valence-electron chi connectivity index (χ2n) is 7.31. The summed E-state index contributed by atoms with van der Waals surface area (Å²) in [5.41, 5.74) is 5.74. The number of nitrogens with one attached hydrogen (secondary N) is 1. The van der Waals surface area contributed by atoms with Crippen molar-refractivity contribution in [3.63, 3.8) is 0 Å². The molecule has 0 aromatic carbocycles. The van der Waals surface area contributed by atoms with E-state index in [2.05, 4.69) is 12.2 Å². The van der Waals surface area contributed by atoms with Crippen molar-refractivity contribution in [2.75, 3.05) is 6.54 Å². The molecule has 0 heterocycles. The lowest BCUT2D eigenvalue weighted by Crippen LogP contribution is -2.41. The molecule has 21 heavy (non-hydrogen) atoms. The van der Waals surface area contributed by atoms with Crippen LogP contribution in [0.2, 0.25) is 0 Å². The maximum absolute atomic E-state index is 12.3. The van der Waals surface area contributed by atoms with Gasteiger partial charge in [0.2, 0.25) is 5.91 Å². The lowest BCUT2D eigenvalue weighted by atomic mass is 9.80. The van der Waals surface area contributed by atoms with E-state index in [1.807, 2.05) is 0 Å². The third kappa shape index (κ3) is 5.28. The van der Waals surface area contributed by atoms with Crippen molar-refractivity contribution in [2.24, 2.45) is 23.5 Å². The Bertz CT molecular complexity index is 304. The molecular weight excluding hydrogens is 260 g/mol. The highest BCUT2D eigenvalue weighted by Gasteiger charge is 2.26. The van der Waals surface area contributed by atoms with Crippen LogP contribution in [0, 0.1) is 17.8 Å². The van der Waals surface area contributed by atoms with E-state index < -0.39 is 0 Å². The number of nitrogens with two attached hydrogens (primary N) is 1. The first-order valence-corrected chi connectivity index (χ1v) is 9.22. The van der Waals surface area contributed by atoms with E-state index in [9.17, 15) is 4.79 Å². The molecule has 3 N–H and O–H groups in total. The molecule has 3 heteroatoms. The Labute approximate surface area is 130 Å². The van der Waals surface area contributed by atoms with Crippen molar-refractivity contribution in [1.29, 1.82) is 0 Å². The molecular formula is C18H34N2O. The molecule has 0 spiro atoms. The summed E-state index contributed by atoms with van der Waals surface area (Å²) in [5, 5.41) is 3.35. The fraction of sp³-hybridized carbons (Fsp3) is 0.944. The number of hydrogen-bond acceptors (Lipinski definition) is 2. The van der Waals surface area contributed by atoms with Gasteiger partial charge in [-0.05, 0) is 69.2 Å². The van der Waals surface area contributed by atoms with Crippen molar-refractivity contribution < 1.29 is 4.79 Å². The smallest absolute Gasteiger partial charge is 0.220 e. The van der Waals surface area contributed by atoms with Crippen LogP contribution in [0.5, 0.6) is 0 Å². The van der Waals surface area contributed by atoms with Crippen LogP contribution in [0.1, 0.15) is 77.6 Å². The van der Waals surface area contributed by atoms with E-state index in [0.717, 1.165) is 25.3 Å². The molecule has 1 amide bonds. The molecule has 0 aromatic rings. The van der Waals surface area contributed by atoms with Gasteiger partial charge in [-0.2, -0.15) is 0 Å². The van der Waals surface area contributed by atoms with Gasteiger partial charge in [-0.3, -0.25) is 4.79 Å². The number of rotatable bonds is 6. The monoisotopic (exact) mass is 294 g/mol. The van der Waals surface area contributed by atoms with Crippen LogP contribution in [-0.4, -0.2) is 18.5 Å². The number of carbonyl (C=O) groups is 1. The van der Waals surface area contributed by atoms with E-state index in [0.29, 0.717) is 23.8 Å². The van der Waals surface area contributed by atoms with Crippen LogP contribution in [0.3, 0.4) is 0 Å². The van der Waals surface area contributed by atoms with Gasteiger partial charge in [0, 0.05) is 12.5 Å². The SMILES string of the molecule is CCC(NC(=O)CC1CCC(CN)CC1)C1CCCCC1. The van der Waals surface area contributed by atoms with Gasteiger partial charge in [-0.25, -0.2) is 0 Å². The molecule has 2 aliphatic carbocycles. The normalized spacial score (nSPS) is 29.0. The summed E-state index contributed by atoms with van der Waals surface area (Å²) in [7, 11) is 0. The molecule has 2 saturated carbocycles. The lowest BCUT2D eigenvalue weighted by molar-refractivity contribution is -0.123. The Hall–Kier alpha value is -0.570. The van der Waals surface area contributed by atoms with Crippen molar-refractivity contribution in [3.05, 3.63) is 0 Å². The molecule has 122 valence electrons. The zero-order chi connectivity index (χ0) is 15.1. The van der Waals surface area contributed by atoms with Gasteiger partial charge in [0.1, 0.15) is 0 Å². The maximum Gasteiger partial charge on any atom is 0.220 e. The standard InChI is InChI=1S/C18H34N2O/c1-2-17(16-6-4-3-5-7-16)20-18(21)12-14-8-10-15(13-19)11-9-14/h14-17H,2-13,19H2,1H3,(H,20,21). The minimum absolute atomic E-state index is 0.295. The third-order valence-corrected chi connectivity index (χ3v) is 5.78. The molecule has 0 bridgehead atoms. The zero-order valence-corrected chi connectivity index (χ0v) is 13.8. The van der Waals surface area contributed by atoms with E-state index in [1.54, 1.807) is 0 Å². The summed E-state index contributed by atoms with van der Waals surface area (Å²) in [6.45, 7) is 3.03. The first-order chi connectivity index (χ1) is 10.2. The van der Waals surface area contributed by atoms with E-state index in [4.69, 9.17) is 5.73 Å². The average molecular weight is 294 g/mol. The Morgan fingerprint density at radius 2 is 1.67 bits per heavy atom. The van der Waals surface area contributed by atoms with E-state index >= 15 is 0 Å². The molecule has 2 fully saturated rings. The summed E-state index contributed by atoms with van der Waals surface area (Å²) in [4.78, 5) is 12.3. The quantitative estimate of drug-likeness (QED) is 0.786. The summed E-state index contributed by atoms with van der Waals surface area (Å²) < 4.78 is 0. The van der Waals surface area contributed by atoms with Gasteiger partial charge in [-0.1, -0.05) is 26.2 Å². The minimum Gasteiger partial charge on any atom is -0.353 e. The van der Waals surface area contributed by atoms with Crippen molar-refractivity contribution >= 4 is 5.91 Å². The predicted octanol–water partition coefficient (Wildman–Crippen LogP) is 3.62. The number of amides is 1. The second kappa shape index (κ2) is 8.77. The van der Waals surface area contributed by atoms with Gasteiger partial charge >= 0.3 is 0 Å². The molecule has 2 aliphatic rings. The van der Waals surface area contributed by atoms with Crippen LogP contribution in [0.25, 0.3) is 0 Å². The summed E-state index contributed by atoms with van der Waals surface area (Å²) in [5.74, 6) is 2.32. The fourth-order valence-corrected chi connectivity index (χ4v) is 4.29.